The number of nitrogens with zero attached hydrogens (tertiary/aromatic N) is 1. The van der Waals surface area contributed by atoms with Crippen LogP contribution < -0.4 is 5.32 Å². The van der Waals surface area contributed by atoms with Crippen LogP contribution in [0.2, 0.25) is 5.02 Å². The minimum Gasteiger partial charge on any atom is -0.352 e. The molecule has 0 aliphatic heterocycles. The molecule has 1 aromatic heterocycles. The van der Waals surface area contributed by atoms with Crippen molar-refractivity contribution in [2.75, 3.05) is 0 Å². The highest BCUT2D eigenvalue weighted by atomic mass is 35.5. The summed E-state index contributed by atoms with van der Waals surface area (Å²) < 4.78 is 2.10. The van der Waals surface area contributed by atoms with Crippen molar-refractivity contribution >= 4 is 11.6 Å². The van der Waals surface area contributed by atoms with Crippen LogP contribution in [0, 0.1) is 0 Å². The number of aromatic nitrogens is 1. The van der Waals surface area contributed by atoms with Gasteiger partial charge in [-0.3, -0.25) is 0 Å². The fourth-order valence-electron chi connectivity index (χ4n) is 2.47. The number of halogens is 1. The summed E-state index contributed by atoms with van der Waals surface area (Å²) in [7, 11) is 2.05. The van der Waals surface area contributed by atoms with Gasteiger partial charge >= 0.3 is 0 Å². The van der Waals surface area contributed by atoms with Crippen molar-refractivity contribution in [2.45, 2.75) is 51.1 Å². The van der Waals surface area contributed by atoms with E-state index in [-0.39, 0.29) is 0 Å². The Kier molecular flexibility index (Phi) is 4.30. The molecule has 0 aromatic carbocycles. The molecule has 2 rings (SSSR count). The SMILES string of the molecule is Cn1cc(Cl)cc1CNC1CCCCCC1. The smallest absolute Gasteiger partial charge is 0.0585 e. The lowest BCUT2D eigenvalue weighted by molar-refractivity contribution is 0.453. The molecule has 1 aromatic rings. The van der Waals surface area contributed by atoms with E-state index in [1.165, 1.54) is 44.2 Å². The normalized spacial score (nSPS) is 18.6. The highest BCUT2D eigenvalue weighted by molar-refractivity contribution is 6.30. The quantitative estimate of drug-likeness (QED) is 0.801. The molecule has 0 radical (unpaired) electrons. The largest absolute Gasteiger partial charge is 0.352 e. The van der Waals surface area contributed by atoms with Gasteiger partial charge in [0.15, 0.2) is 0 Å². The van der Waals surface area contributed by atoms with Gasteiger partial charge in [-0.15, -0.1) is 0 Å². The molecule has 0 atom stereocenters. The van der Waals surface area contributed by atoms with Gasteiger partial charge in [-0.25, -0.2) is 0 Å². The van der Waals surface area contributed by atoms with Gasteiger partial charge < -0.3 is 9.88 Å². The van der Waals surface area contributed by atoms with Gasteiger partial charge in [-0.1, -0.05) is 37.3 Å². The molecule has 1 aliphatic rings. The van der Waals surface area contributed by atoms with Crippen LogP contribution in [-0.4, -0.2) is 10.6 Å². The van der Waals surface area contributed by atoms with Crippen LogP contribution in [0.3, 0.4) is 0 Å². The van der Waals surface area contributed by atoms with Gasteiger partial charge in [0.25, 0.3) is 0 Å². The molecule has 3 heteroatoms. The zero-order valence-corrected chi connectivity index (χ0v) is 10.8. The van der Waals surface area contributed by atoms with E-state index in [1.54, 1.807) is 0 Å². The summed E-state index contributed by atoms with van der Waals surface area (Å²) in [6.45, 7) is 0.938. The lowest BCUT2D eigenvalue weighted by Gasteiger charge is -2.16. The van der Waals surface area contributed by atoms with E-state index in [9.17, 15) is 0 Å². The Morgan fingerprint density at radius 3 is 2.56 bits per heavy atom. The fraction of sp³-hybridized carbons (Fsp3) is 0.692. The number of hydrogen-bond donors (Lipinski definition) is 1. The summed E-state index contributed by atoms with van der Waals surface area (Å²) in [4.78, 5) is 0. The Morgan fingerprint density at radius 1 is 1.31 bits per heavy atom. The molecule has 1 aliphatic carbocycles. The first kappa shape index (κ1) is 12.0. The van der Waals surface area contributed by atoms with E-state index in [2.05, 4.69) is 16.9 Å². The highest BCUT2D eigenvalue weighted by Crippen LogP contribution is 2.18. The van der Waals surface area contributed by atoms with Gasteiger partial charge in [0, 0.05) is 31.5 Å². The van der Waals surface area contributed by atoms with E-state index in [4.69, 9.17) is 11.6 Å². The van der Waals surface area contributed by atoms with E-state index in [0.29, 0.717) is 6.04 Å². The Bertz CT molecular complexity index is 325. The average molecular weight is 241 g/mol. The molecule has 0 amide bonds. The van der Waals surface area contributed by atoms with E-state index in [0.717, 1.165) is 11.6 Å². The second kappa shape index (κ2) is 5.74. The third kappa shape index (κ3) is 3.26. The Morgan fingerprint density at radius 2 is 2.00 bits per heavy atom. The van der Waals surface area contributed by atoms with Gasteiger partial charge in [0.1, 0.15) is 0 Å². The van der Waals surface area contributed by atoms with Gasteiger partial charge in [0.05, 0.1) is 5.02 Å². The minimum atomic E-state index is 0.705. The molecular formula is C13H21ClN2. The van der Waals surface area contributed by atoms with Crippen molar-refractivity contribution < 1.29 is 0 Å². The molecule has 1 N–H and O–H groups in total. The van der Waals surface area contributed by atoms with Crippen molar-refractivity contribution in [3.05, 3.63) is 23.0 Å². The fourth-order valence-corrected chi connectivity index (χ4v) is 2.75. The highest BCUT2D eigenvalue weighted by Gasteiger charge is 2.12. The standard InChI is InChI=1S/C13H21ClN2/c1-16-10-11(14)8-13(16)9-15-12-6-4-2-3-5-7-12/h8,10,12,15H,2-7,9H2,1H3. The van der Waals surface area contributed by atoms with Crippen molar-refractivity contribution in [3.63, 3.8) is 0 Å². The molecule has 90 valence electrons. The predicted molar refractivity (Wildman–Crippen MR) is 68.8 cm³/mol. The van der Waals surface area contributed by atoms with Crippen molar-refractivity contribution in [3.8, 4) is 0 Å². The maximum Gasteiger partial charge on any atom is 0.0585 e. The molecule has 0 unspecified atom stereocenters. The predicted octanol–water partition coefficient (Wildman–Crippen LogP) is 3.49. The van der Waals surface area contributed by atoms with Crippen LogP contribution in [0.4, 0.5) is 0 Å². The van der Waals surface area contributed by atoms with E-state index in [1.807, 2.05) is 12.3 Å². The topological polar surface area (TPSA) is 17.0 Å². The van der Waals surface area contributed by atoms with Crippen molar-refractivity contribution in [1.82, 2.24) is 9.88 Å². The first-order chi connectivity index (χ1) is 7.75. The van der Waals surface area contributed by atoms with Crippen molar-refractivity contribution in [1.29, 1.82) is 0 Å². The molecule has 16 heavy (non-hydrogen) atoms. The molecule has 1 heterocycles. The monoisotopic (exact) mass is 240 g/mol. The minimum absolute atomic E-state index is 0.705. The maximum absolute atomic E-state index is 5.96. The molecule has 0 saturated heterocycles. The third-order valence-corrected chi connectivity index (χ3v) is 3.71. The zero-order valence-electron chi connectivity index (χ0n) is 10.0. The summed E-state index contributed by atoms with van der Waals surface area (Å²) in [6, 6.07) is 2.75. The molecule has 1 saturated carbocycles. The van der Waals surface area contributed by atoms with Crippen LogP contribution in [0.5, 0.6) is 0 Å². The number of aryl methyl sites for hydroxylation is 1. The summed E-state index contributed by atoms with van der Waals surface area (Å²) in [5, 5.41) is 4.49. The van der Waals surface area contributed by atoms with Crippen LogP contribution in [0.1, 0.15) is 44.2 Å². The average Bonchev–Trinajstić information content (AvgIpc) is 2.48. The second-order valence-corrected chi connectivity index (χ2v) is 5.27. The molecule has 2 nitrogen and oxygen atoms in total. The van der Waals surface area contributed by atoms with Gasteiger partial charge in [-0.2, -0.15) is 0 Å². The van der Waals surface area contributed by atoms with Crippen LogP contribution in [0.15, 0.2) is 12.3 Å². The molecular weight excluding hydrogens is 220 g/mol. The summed E-state index contributed by atoms with van der Waals surface area (Å²) in [5.41, 5.74) is 1.27. The number of rotatable bonds is 3. The lowest BCUT2D eigenvalue weighted by atomic mass is 10.1. The summed E-state index contributed by atoms with van der Waals surface area (Å²) in [5.74, 6) is 0. The third-order valence-electron chi connectivity index (χ3n) is 3.50. The number of nitrogens with one attached hydrogen (secondary N) is 1. The van der Waals surface area contributed by atoms with Crippen LogP contribution >= 0.6 is 11.6 Å². The first-order valence-corrected chi connectivity index (χ1v) is 6.67. The number of hydrogen-bond acceptors (Lipinski definition) is 1. The van der Waals surface area contributed by atoms with E-state index >= 15 is 0 Å². The second-order valence-electron chi connectivity index (χ2n) is 4.83. The summed E-state index contributed by atoms with van der Waals surface area (Å²) >= 11 is 5.96. The van der Waals surface area contributed by atoms with Crippen LogP contribution in [0.25, 0.3) is 0 Å². The van der Waals surface area contributed by atoms with Crippen LogP contribution in [-0.2, 0) is 13.6 Å². The molecule has 0 spiro atoms. The van der Waals surface area contributed by atoms with Gasteiger partial charge in [-0.05, 0) is 18.9 Å². The lowest BCUT2D eigenvalue weighted by Crippen LogP contribution is -2.28. The Labute approximate surface area is 103 Å². The van der Waals surface area contributed by atoms with Crippen molar-refractivity contribution in [2.24, 2.45) is 7.05 Å². The molecule has 0 bridgehead atoms. The molecule has 1 fully saturated rings. The first-order valence-electron chi connectivity index (χ1n) is 6.30. The van der Waals surface area contributed by atoms with E-state index < -0.39 is 0 Å². The zero-order chi connectivity index (χ0) is 11.4. The van der Waals surface area contributed by atoms with Gasteiger partial charge in [0.2, 0.25) is 0 Å². The Balaban J connectivity index is 1.84. The summed E-state index contributed by atoms with van der Waals surface area (Å²) in [6.07, 6.45) is 10.2. The Hall–Kier alpha value is -0.470. The maximum atomic E-state index is 5.96.